The fraction of sp³-hybridized carbons (Fsp3) is 0.143. The highest BCUT2D eigenvalue weighted by atomic mass is 32.1. The normalized spacial score (nSPS) is 13.7. The Morgan fingerprint density at radius 1 is 0.789 bits per heavy atom. The summed E-state index contributed by atoms with van der Waals surface area (Å²) in [7, 11) is 0. The molecule has 1 aliphatic heterocycles. The van der Waals surface area contributed by atoms with Gasteiger partial charge in [0.05, 0.1) is 41.5 Å². The number of fused-ring (bicyclic) bond motifs is 3. The van der Waals surface area contributed by atoms with Crippen molar-refractivity contribution >= 4 is 51.1 Å². The van der Waals surface area contributed by atoms with Crippen LogP contribution < -0.4 is 9.47 Å². The maximum Gasteiger partial charge on any atom is 0.336 e. The fourth-order valence-corrected chi connectivity index (χ4v) is 4.97. The highest BCUT2D eigenvalue weighted by Crippen LogP contribution is 2.33. The number of Topliss-reactive ketones (excluding diaryl/α,β-unsaturated/α-hetero) is 1. The Bertz CT molecular complexity index is 1750. The first-order valence-corrected chi connectivity index (χ1v) is 12.6. The molecule has 188 valence electrons. The van der Waals surface area contributed by atoms with Gasteiger partial charge in [-0.1, -0.05) is 12.1 Å². The zero-order chi connectivity index (χ0) is 26.1. The van der Waals surface area contributed by atoms with Crippen LogP contribution in [-0.2, 0) is 11.2 Å². The van der Waals surface area contributed by atoms with Crippen molar-refractivity contribution in [1.82, 2.24) is 18.7 Å². The summed E-state index contributed by atoms with van der Waals surface area (Å²) in [6, 6.07) is 15.4. The van der Waals surface area contributed by atoms with Crippen LogP contribution in [0, 0.1) is 0 Å². The summed E-state index contributed by atoms with van der Waals surface area (Å²) >= 11 is 1.04. The molecule has 5 aromatic rings. The van der Waals surface area contributed by atoms with Crippen molar-refractivity contribution in [3.05, 3.63) is 89.3 Å². The first-order chi connectivity index (χ1) is 18.6. The monoisotopic (exact) mass is 524 g/mol. The number of carbonyl (C=O) groups is 2. The Morgan fingerprint density at radius 3 is 2.37 bits per heavy atom. The maximum atomic E-state index is 14.0. The Balaban J connectivity index is 1.51. The van der Waals surface area contributed by atoms with Crippen molar-refractivity contribution in [2.75, 3.05) is 13.2 Å². The minimum Gasteiger partial charge on any atom is -0.490 e. The molecule has 3 aromatic carbocycles. The van der Waals surface area contributed by atoms with E-state index in [0.29, 0.717) is 57.9 Å². The third kappa shape index (κ3) is 4.57. The summed E-state index contributed by atoms with van der Waals surface area (Å²) in [4.78, 5) is 35.4. The third-order valence-electron chi connectivity index (χ3n) is 6.26. The summed E-state index contributed by atoms with van der Waals surface area (Å²) in [5.41, 5.74) is 4.01. The lowest BCUT2D eigenvalue weighted by Crippen LogP contribution is -2.14. The number of nitrogens with zero attached hydrogens (tertiary/aromatic N) is 4. The predicted molar refractivity (Wildman–Crippen MR) is 142 cm³/mol. The summed E-state index contributed by atoms with van der Waals surface area (Å²) in [6.07, 6.45) is 3.98. The summed E-state index contributed by atoms with van der Waals surface area (Å²) in [5.74, 6) is -0.627. The molecular formula is C28H20N4O5S. The molecule has 9 nitrogen and oxygen atoms in total. The van der Waals surface area contributed by atoms with Gasteiger partial charge in [0.25, 0.3) is 0 Å². The minimum absolute atomic E-state index is 0.0643. The van der Waals surface area contributed by atoms with Gasteiger partial charge in [-0.05, 0) is 53.6 Å². The Labute approximate surface area is 220 Å². The van der Waals surface area contributed by atoms with Crippen molar-refractivity contribution in [3.63, 3.8) is 0 Å². The van der Waals surface area contributed by atoms with Crippen molar-refractivity contribution in [2.45, 2.75) is 12.8 Å². The predicted octanol–water partition coefficient (Wildman–Crippen LogP) is 4.76. The number of allylic oxidation sites excluding steroid dienone is 1. The van der Waals surface area contributed by atoms with E-state index >= 15 is 0 Å². The molecular weight excluding hydrogens is 504 g/mol. The molecule has 0 radical (unpaired) electrons. The Morgan fingerprint density at radius 2 is 1.53 bits per heavy atom. The number of aliphatic carboxylic acids is 1. The number of ether oxygens (including phenoxy) is 2. The van der Waals surface area contributed by atoms with Gasteiger partial charge in [0.1, 0.15) is 11.0 Å². The maximum absolute atomic E-state index is 14.0. The van der Waals surface area contributed by atoms with Crippen molar-refractivity contribution in [1.29, 1.82) is 0 Å². The number of rotatable bonds is 6. The fourth-order valence-electron chi connectivity index (χ4n) is 4.45. The molecule has 0 fully saturated rings. The molecule has 0 unspecified atom stereocenters. The van der Waals surface area contributed by atoms with Crippen LogP contribution in [0.5, 0.6) is 11.5 Å². The molecule has 10 heteroatoms. The van der Waals surface area contributed by atoms with E-state index in [9.17, 15) is 14.7 Å². The van der Waals surface area contributed by atoms with E-state index in [1.54, 1.807) is 54.9 Å². The summed E-state index contributed by atoms with van der Waals surface area (Å²) < 4.78 is 19.9. The number of hydrogen-bond acceptors (Lipinski definition) is 9. The first-order valence-electron chi connectivity index (χ1n) is 11.9. The first kappa shape index (κ1) is 23.7. The zero-order valence-corrected chi connectivity index (χ0v) is 20.8. The van der Waals surface area contributed by atoms with Gasteiger partial charge in [-0.15, -0.1) is 0 Å². The van der Waals surface area contributed by atoms with E-state index in [1.807, 2.05) is 12.1 Å². The van der Waals surface area contributed by atoms with Crippen molar-refractivity contribution in [2.24, 2.45) is 0 Å². The van der Waals surface area contributed by atoms with Crippen LogP contribution in [0.25, 0.3) is 27.6 Å². The van der Waals surface area contributed by atoms with E-state index in [0.717, 1.165) is 23.7 Å². The average Bonchev–Trinajstić information content (AvgIpc) is 3.28. The summed E-state index contributed by atoms with van der Waals surface area (Å²) in [5, 5.41) is 10.4. The average molecular weight is 525 g/mol. The second kappa shape index (κ2) is 9.98. The molecule has 1 aliphatic rings. The van der Waals surface area contributed by atoms with Gasteiger partial charge in [-0.25, -0.2) is 4.79 Å². The molecule has 0 atom stereocenters. The van der Waals surface area contributed by atoms with Crippen LogP contribution in [0.3, 0.4) is 0 Å². The van der Waals surface area contributed by atoms with Gasteiger partial charge in [-0.2, -0.15) is 8.75 Å². The standard InChI is InChI=1S/C28H20N4O5S/c33-27(18-4-7-24-25(15-18)37-11-1-10-36-24)19(12-16-2-5-20-22(13-16)30-9-8-29-20)26(28(34)35)17-3-6-21-23(14-17)32-38-31-21/h2-9,13-15H,1,10-12H2,(H,34,35). The lowest BCUT2D eigenvalue weighted by Gasteiger charge is -2.15. The molecule has 0 spiro atoms. The molecule has 38 heavy (non-hydrogen) atoms. The lowest BCUT2D eigenvalue weighted by atomic mass is 9.89. The molecule has 1 N–H and O–H groups in total. The number of carboxylic acids is 1. The van der Waals surface area contributed by atoms with Gasteiger partial charge in [0.15, 0.2) is 17.3 Å². The second-order valence-corrected chi connectivity index (χ2v) is 9.25. The van der Waals surface area contributed by atoms with E-state index in [1.165, 1.54) is 0 Å². The zero-order valence-electron chi connectivity index (χ0n) is 20.0. The number of ketones is 1. The summed E-state index contributed by atoms with van der Waals surface area (Å²) in [6.45, 7) is 0.987. The second-order valence-electron chi connectivity index (χ2n) is 8.72. The van der Waals surface area contributed by atoms with Crippen LogP contribution in [-0.4, -0.2) is 48.8 Å². The quantitative estimate of drug-likeness (QED) is 0.247. The number of carboxylic acid groups (broad SMARTS) is 1. The molecule has 0 saturated heterocycles. The van der Waals surface area contributed by atoms with E-state index in [-0.39, 0.29) is 17.6 Å². The minimum atomic E-state index is -1.22. The molecule has 0 bridgehead atoms. The smallest absolute Gasteiger partial charge is 0.336 e. The van der Waals surface area contributed by atoms with Crippen LogP contribution in [0.15, 0.2) is 72.6 Å². The van der Waals surface area contributed by atoms with Crippen molar-refractivity contribution < 1.29 is 24.2 Å². The lowest BCUT2D eigenvalue weighted by molar-refractivity contribution is -0.130. The molecule has 0 amide bonds. The van der Waals surface area contributed by atoms with Gasteiger partial charge >= 0.3 is 5.97 Å². The van der Waals surface area contributed by atoms with Crippen molar-refractivity contribution in [3.8, 4) is 11.5 Å². The van der Waals surface area contributed by atoms with Crippen LogP contribution in [0.4, 0.5) is 0 Å². The highest BCUT2D eigenvalue weighted by molar-refractivity contribution is 7.00. The van der Waals surface area contributed by atoms with Gasteiger partial charge in [-0.3, -0.25) is 14.8 Å². The topological polar surface area (TPSA) is 124 Å². The Kier molecular flexibility index (Phi) is 6.22. The highest BCUT2D eigenvalue weighted by Gasteiger charge is 2.26. The van der Waals surface area contributed by atoms with Gasteiger partial charge in [0, 0.05) is 36.4 Å². The molecule has 3 heterocycles. The number of hydrogen-bond donors (Lipinski definition) is 1. The third-order valence-corrected chi connectivity index (χ3v) is 6.81. The van der Waals surface area contributed by atoms with Gasteiger partial charge in [0.2, 0.25) is 0 Å². The van der Waals surface area contributed by atoms with Crippen LogP contribution >= 0.6 is 11.7 Å². The number of aromatic nitrogens is 4. The van der Waals surface area contributed by atoms with Crippen LogP contribution in [0.1, 0.15) is 27.9 Å². The molecule has 2 aromatic heterocycles. The largest absolute Gasteiger partial charge is 0.490 e. The van der Waals surface area contributed by atoms with E-state index in [2.05, 4.69) is 18.7 Å². The molecule has 0 saturated carbocycles. The van der Waals surface area contributed by atoms with Crippen LogP contribution in [0.2, 0.25) is 0 Å². The Hall–Kier alpha value is -4.70. The number of carbonyl (C=O) groups excluding carboxylic acids is 1. The molecule has 0 aliphatic carbocycles. The SMILES string of the molecule is O=C(O)C(=C(Cc1ccc2nccnc2c1)C(=O)c1ccc2c(c1)OCCCO2)c1ccc2nsnc2c1. The van der Waals surface area contributed by atoms with Gasteiger partial charge < -0.3 is 14.6 Å². The number of benzene rings is 3. The van der Waals surface area contributed by atoms with E-state index in [4.69, 9.17) is 9.47 Å². The molecule has 6 rings (SSSR count). The van der Waals surface area contributed by atoms with E-state index < -0.39 is 11.8 Å².